The number of aromatic nitrogens is 5. The Kier molecular flexibility index (Phi) is 5.59. The molecule has 31 heavy (non-hydrogen) atoms. The molecule has 0 saturated carbocycles. The van der Waals surface area contributed by atoms with E-state index < -0.39 is 11.2 Å². The summed E-state index contributed by atoms with van der Waals surface area (Å²) < 4.78 is 10.5. The summed E-state index contributed by atoms with van der Waals surface area (Å²) in [5.74, 6) is 0.613. The molecule has 1 N–H and O–H groups in total. The lowest BCUT2D eigenvalue weighted by atomic mass is 10.3. The van der Waals surface area contributed by atoms with Gasteiger partial charge in [-0.25, -0.2) is 14.8 Å². The fraction of sp³-hybridized carbons (Fsp3) is 0.350. The minimum Gasteiger partial charge on any atom is -0.494 e. The number of benzene rings is 1. The number of aryl methyl sites for hydroxylation is 2. The zero-order valence-electron chi connectivity index (χ0n) is 17.4. The van der Waals surface area contributed by atoms with Crippen LogP contribution in [0.3, 0.4) is 0 Å². The van der Waals surface area contributed by atoms with Crippen molar-refractivity contribution >= 4 is 43.8 Å². The number of fused-ring (bicyclic) bond motifs is 2. The third-order valence-corrected chi connectivity index (χ3v) is 5.87. The molecule has 4 rings (SSSR count). The van der Waals surface area contributed by atoms with Gasteiger partial charge in [-0.2, -0.15) is 0 Å². The molecule has 3 heterocycles. The number of hydrogen-bond donors (Lipinski definition) is 1. The maximum absolute atomic E-state index is 12.5. The number of imidazole rings is 1. The van der Waals surface area contributed by atoms with Crippen LogP contribution in [-0.4, -0.2) is 36.2 Å². The molecule has 0 radical (unpaired) electrons. The van der Waals surface area contributed by atoms with Gasteiger partial charge < -0.3 is 14.6 Å². The normalized spacial score (nSPS) is 11.3. The Labute approximate surface area is 180 Å². The van der Waals surface area contributed by atoms with E-state index in [9.17, 15) is 14.4 Å². The lowest BCUT2D eigenvalue weighted by Gasteiger charge is -2.06. The number of hydrogen-bond acceptors (Lipinski definition) is 7. The second-order valence-corrected chi connectivity index (χ2v) is 8.08. The van der Waals surface area contributed by atoms with Crippen molar-refractivity contribution in [2.75, 3.05) is 11.9 Å². The van der Waals surface area contributed by atoms with E-state index >= 15 is 0 Å². The first-order valence-corrected chi connectivity index (χ1v) is 10.6. The molecule has 0 aliphatic heterocycles. The fourth-order valence-corrected chi connectivity index (χ4v) is 4.28. The second kappa shape index (κ2) is 8.34. The molecule has 0 fully saturated rings. The molecule has 0 atom stereocenters. The molecule has 0 spiro atoms. The zero-order chi connectivity index (χ0) is 22.1. The molecule has 10 nitrogen and oxygen atoms in total. The molecule has 1 amide bonds. The van der Waals surface area contributed by atoms with Gasteiger partial charge in [-0.05, 0) is 31.5 Å². The van der Waals surface area contributed by atoms with Crippen molar-refractivity contribution < 1.29 is 9.53 Å². The van der Waals surface area contributed by atoms with Crippen molar-refractivity contribution in [2.24, 2.45) is 14.1 Å². The average molecular weight is 443 g/mol. The van der Waals surface area contributed by atoms with Crippen LogP contribution >= 0.6 is 11.3 Å². The van der Waals surface area contributed by atoms with Crippen LogP contribution in [0.5, 0.6) is 5.75 Å². The topological polar surface area (TPSA) is 113 Å². The molecule has 0 unspecified atom stereocenters. The highest BCUT2D eigenvalue weighted by Crippen LogP contribution is 2.29. The first-order valence-electron chi connectivity index (χ1n) is 9.83. The van der Waals surface area contributed by atoms with Gasteiger partial charge in [-0.15, -0.1) is 0 Å². The number of rotatable bonds is 7. The molecular weight excluding hydrogens is 420 g/mol. The smallest absolute Gasteiger partial charge is 0.332 e. The Bertz CT molecular complexity index is 1400. The zero-order valence-corrected chi connectivity index (χ0v) is 18.2. The van der Waals surface area contributed by atoms with E-state index in [2.05, 4.69) is 15.3 Å². The molecule has 3 aromatic heterocycles. The standard InChI is InChI=1S/C20H22N6O4S/c1-4-30-12-7-8-13-14(10-12)31-19(22-13)23-15(27)6-5-9-26-11-21-17-16(26)18(28)25(3)20(29)24(17)2/h7-8,10-11H,4-6,9H2,1-3H3,(H,22,23,27). The van der Waals surface area contributed by atoms with Crippen molar-refractivity contribution in [2.45, 2.75) is 26.3 Å². The number of nitrogens with one attached hydrogen (secondary N) is 1. The lowest BCUT2D eigenvalue weighted by Crippen LogP contribution is -2.37. The van der Waals surface area contributed by atoms with E-state index in [0.717, 1.165) is 20.5 Å². The number of nitrogens with zero attached hydrogens (tertiary/aromatic N) is 5. The van der Waals surface area contributed by atoms with Crippen LogP contribution in [0.1, 0.15) is 19.8 Å². The van der Waals surface area contributed by atoms with E-state index in [-0.39, 0.29) is 12.3 Å². The molecular formula is C20H22N6O4S. The van der Waals surface area contributed by atoms with Crippen molar-refractivity contribution in [3.05, 3.63) is 45.4 Å². The third kappa shape index (κ3) is 3.96. The highest BCUT2D eigenvalue weighted by molar-refractivity contribution is 7.22. The molecule has 1 aromatic carbocycles. The summed E-state index contributed by atoms with van der Waals surface area (Å²) in [6.45, 7) is 2.94. The predicted octanol–water partition coefficient (Wildman–Crippen LogP) is 1.86. The maximum atomic E-state index is 12.5. The van der Waals surface area contributed by atoms with E-state index in [1.165, 1.54) is 29.3 Å². The average Bonchev–Trinajstić information content (AvgIpc) is 3.34. The molecule has 0 bridgehead atoms. The monoisotopic (exact) mass is 442 g/mol. The van der Waals surface area contributed by atoms with Crippen LogP contribution < -0.4 is 21.3 Å². The quantitative estimate of drug-likeness (QED) is 0.467. The Morgan fingerprint density at radius 1 is 1.23 bits per heavy atom. The first-order chi connectivity index (χ1) is 14.9. The Hall–Kier alpha value is -3.47. The van der Waals surface area contributed by atoms with Gasteiger partial charge in [0.1, 0.15) is 5.75 Å². The summed E-state index contributed by atoms with van der Waals surface area (Å²) in [7, 11) is 3.01. The second-order valence-electron chi connectivity index (χ2n) is 7.05. The van der Waals surface area contributed by atoms with Crippen LogP contribution in [0.25, 0.3) is 21.4 Å². The minimum absolute atomic E-state index is 0.159. The lowest BCUT2D eigenvalue weighted by molar-refractivity contribution is -0.116. The number of ether oxygens (including phenoxy) is 1. The van der Waals surface area contributed by atoms with Crippen molar-refractivity contribution in [3.63, 3.8) is 0 Å². The summed E-state index contributed by atoms with van der Waals surface area (Å²) in [5.41, 5.74) is 0.655. The fourth-order valence-electron chi connectivity index (χ4n) is 3.37. The maximum Gasteiger partial charge on any atom is 0.332 e. The Balaban J connectivity index is 1.41. The van der Waals surface area contributed by atoms with Crippen LogP contribution in [-0.2, 0) is 25.4 Å². The Morgan fingerprint density at radius 2 is 2.03 bits per heavy atom. The van der Waals surface area contributed by atoms with Crippen LogP contribution in [0.4, 0.5) is 5.13 Å². The summed E-state index contributed by atoms with van der Waals surface area (Å²) in [6.07, 6.45) is 2.28. The van der Waals surface area contributed by atoms with Gasteiger partial charge in [0.2, 0.25) is 5.91 Å². The summed E-state index contributed by atoms with van der Waals surface area (Å²) in [4.78, 5) is 45.5. The molecule has 0 aliphatic carbocycles. The van der Waals surface area contributed by atoms with Crippen molar-refractivity contribution in [3.8, 4) is 5.75 Å². The van der Waals surface area contributed by atoms with Crippen LogP contribution in [0.15, 0.2) is 34.1 Å². The van der Waals surface area contributed by atoms with Crippen LogP contribution in [0.2, 0.25) is 0 Å². The molecule has 0 aliphatic rings. The SMILES string of the molecule is CCOc1ccc2nc(NC(=O)CCCn3cnc4c3c(=O)n(C)c(=O)n4C)sc2c1. The van der Waals surface area contributed by atoms with E-state index in [0.29, 0.717) is 35.9 Å². The third-order valence-electron chi connectivity index (χ3n) is 4.94. The van der Waals surface area contributed by atoms with Gasteiger partial charge in [0.05, 0.1) is 23.2 Å². The summed E-state index contributed by atoms with van der Waals surface area (Å²) >= 11 is 1.39. The molecule has 162 valence electrons. The van der Waals surface area contributed by atoms with Crippen LogP contribution in [0, 0.1) is 0 Å². The molecule has 0 saturated heterocycles. The van der Waals surface area contributed by atoms with Gasteiger partial charge in [0.25, 0.3) is 5.56 Å². The van der Waals surface area contributed by atoms with E-state index in [4.69, 9.17) is 4.74 Å². The minimum atomic E-state index is -0.425. The molecule has 11 heteroatoms. The predicted molar refractivity (Wildman–Crippen MR) is 119 cm³/mol. The number of carbonyl (C=O) groups excluding carboxylic acids is 1. The highest BCUT2D eigenvalue weighted by atomic mass is 32.1. The highest BCUT2D eigenvalue weighted by Gasteiger charge is 2.15. The van der Waals surface area contributed by atoms with Crippen molar-refractivity contribution in [1.82, 2.24) is 23.7 Å². The number of amides is 1. The number of thiazole rings is 1. The largest absolute Gasteiger partial charge is 0.494 e. The molecule has 4 aromatic rings. The van der Waals surface area contributed by atoms with Gasteiger partial charge in [-0.3, -0.25) is 18.7 Å². The summed E-state index contributed by atoms with van der Waals surface area (Å²) in [6, 6.07) is 5.63. The summed E-state index contributed by atoms with van der Waals surface area (Å²) in [5, 5.41) is 3.36. The van der Waals surface area contributed by atoms with Gasteiger partial charge in [0, 0.05) is 27.1 Å². The van der Waals surface area contributed by atoms with Gasteiger partial charge in [0.15, 0.2) is 16.3 Å². The first kappa shape index (κ1) is 20.8. The Morgan fingerprint density at radius 3 is 2.81 bits per heavy atom. The van der Waals surface area contributed by atoms with E-state index in [1.54, 1.807) is 11.6 Å². The van der Waals surface area contributed by atoms with Gasteiger partial charge in [-0.1, -0.05) is 11.3 Å². The van der Waals surface area contributed by atoms with Gasteiger partial charge >= 0.3 is 5.69 Å². The number of anilines is 1. The van der Waals surface area contributed by atoms with Crippen molar-refractivity contribution in [1.29, 1.82) is 0 Å². The van der Waals surface area contributed by atoms with E-state index in [1.807, 2.05) is 25.1 Å². The number of carbonyl (C=O) groups is 1.